The van der Waals surface area contributed by atoms with Crippen molar-refractivity contribution in [2.75, 3.05) is 24.6 Å². The third-order valence-electron chi connectivity index (χ3n) is 8.66. The molecule has 15 nitrogen and oxygen atoms in total. The predicted octanol–water partition coefficient (Wildman–Crippen LogP) is 3.09. The van der Waals surface area contributed by atoms with Crippen LogP contribution in [-0.2, 0) is 28.7 Å². The molecule has 53 heavy (non-hydrogen) atoms. The van der Waals surface area contributed by atoms with E-state index in [2.05, 4.69) is 36.4 Å². The molecular formula is C36H52N8O7S2. The summed E-state index contributed by atoms with van der Waals surface area (Å²) in [5.74, 6) is -1.38. The lowest BCUT2D eigenvalue weighted by Gasteiger charge is -2.36. The molecule has 2 aromatic rings. The smallest absolute Gasteiger partial charge is 0.408 e. The van der Waals surface area contributed by atoms with Crippen LogP contribution in [0.1, 0.15) is 91.6 Å². The van der Waals surface area contributed by atoms with Crippen LogP contribution in [0.15, 0.2) is 36.7 Å². The number of ether oxygens (including phenoxy) is 1. The fourth-order valence-corrected chi connectivity index (χ4v) is 9.47. The van der Waals surface area contributed by atoms with Crippen LogP contribution in [0.25, 0.3) is 0 Å². The molecule has 0 bridgehead atoms. The normalized spacial score (nSPS) is 18.7. The highest BCUT2D eigenvalue weighted by Crippen LogP contribution is 2.50. The molecule has 5 amide bonds. The molecular weight excluding hydrogens is 721 g/mol. The second kappa shape index (κ2) is 17.8. The number of ketones is 1. The number of H-pyrrole nitrogens is 1. The maximum atomic E-state index is 14.4. The molecule has 4 atom stereocenters. The van der Waals surface area contributed by atoms with Gasteiger partial charge in [0.25, 0.3) is 5.91 Å². The van der Waals surface area contributed by atoms with Crippen molar-refractivity contribution in [1.82, 2.24) is 41.3 Å². The van der Waals surface area contributed by atoms with E-state index >= 15 is 0 Å². The Labute approximate surface area is 319 Å². The maximum Gasteiger partial charge on any atom is 0.408 e. The van der Waals surface area contributed by atoms with Crippen LogP contribution in [-0.4, -0.2) is 108 Å². The highest BCUT2D eigenvalue weighted by molar-refractivity contribution is 8.18. The van der Waals surface area contributed by atoms with E-state index in [0.29, 0.717) is 18.7 Å². The number of benzene rings is 1. The Kier molecular flexibility index (Phi) is 14.0. The number of nitrogens with one attached hydrogen (secondary N) is 5. The van der Waals surface area contributed by atoms with Gasteiger partial charge < -0.3 is 30.9 Å². The molecule has 4 unspecified atom stereocenters. The number of hydrogen-bond acceptors (Lipinski definition) is 11. The van der Waals surface area contributed by atoms with Gasteiger partial charge in [-0.05, 0) is 56.1 Å². The lowest BCUT2D eigenvalue weighted by atomic mass is 9.85. The molecule has 0 radical (unpaired) electrons. The van der Waals surface area contributed by atoms with Gasteiger partial charge in [0.2, 0.25) is 23.5 Å². The zero-order valence-electron chi connectivity index (χ0n) is 31.4. The predicted molar refractivity (Wildman–Crippen MR) is 203 cm³/mol. The van der Waals surface area contributed by atoms with Gasteiger partial charge >= 0.3 is 6.09 Å². The molecule has 1 spiro atoms. The number of rotatable bonds is 13. The maximum absolute atomic E-state index is 14.4. The summed E-state index contributed by atoms with van der Waals surface area (Å²) < 4.78 is 5.02. The average molecular weight is 773 g/mol. The summed E-state index contributed by atoms with van der Waals surface area (Å²) in [7, 11) is 0. The van der Waals surface area contributed by atoms with Crippen molar-refractivity contribution in [3.05, 3.63) is 48.0 Å². The Morgan fingerprint density at radius 2 is 1.68 bits per heavy atom. The minimum absolute atomic E-state index is 0.159. The van der Waals surface area contributed by atoms with Gasteiger partial charge in [0.1, 0.15) is 30.1 Å². The minimum Gasteiger partial charge on any atom is -0.444 e. The highest BCUT2D eigenvalue weighted by atomic mass is 32.2. The molecule has 4 rings (SSSR count). The number of nitrogens with zero attached hydrogens (tertiary/aromatic N) is 3. The number of carbonyl (C=O) groups is 6. The molecule has 0 saturated carbocycles. The zero-order chi connectivity index (χ0) is 39.0. The van der Waals surface area contributed by atoms with E-state index in [1.807, 2.05) is 45.9 Å². The second-order valence-corrected chi connectivity index (χ2v) is 18.5. The average Bonchev–Trinajstić information content (AvgIpc) is 3.76. The molecule has 3 heterocycles. The van der Waals surface area contributed by atoms with Gasteiger partial charge in [-0.25, -0.2) is 9.78 Å². The second-order valence-electron chi connectivity index (χ2n) is 15.3. The van der Waals surface area contributed by atoms with E-state index in [-0.39, 0.29) is 13.0 Å². The largest absolute Gasteiger partial charge is 0.444 e. The Balaban J connectivity index is 1.47. The summed E-state index contributed by atoms with van der Waals surface area (Å²) in [4.78, 5) is 86.6. The molecule has 2 fully saturated rings. The lowest BCUT2D eigenvalue weighted by Crippen LogP contribution is -2.59. The molecule has 2 aliphatic rings. The minimum atomic E-state index is -1.19. The lowest BCUT2D eigenvalue weighted by molar-refractivity contribution is -0.144. The van der Waals surface area contributed by atoms with Gasteiger partial charge in [-0.1, -0.05) is 64.4 Å². The van der Waals surface area contributed by atoms with Crippen molar-refractivity contribution in [3.8, 4) is 0 Å². The molecule has 290 valence electrons. The Morgan fingerprint density at radius 3 is 2.26 bits per heavy atom. The summed E-state index contributed by atoms with van der Waals surface area (Å²) in [5.41, 5.74) is -0.797. The summed E-state index contributed by atoms with van der Waals surface area (Å²) in [6.07, 6.45) is 2.53. The zero-order valence-corrected chi connectivity index (χ0v) is 33.1. The van der Waals surface area contributed by atoms with Gasteiger partial charge in [-0.3, -0.25) is 29.1 Å². The van der Waals surface area contributed by atoms with Gasteiger partial charge in [-0.2, -0.15) is 5.10 Å². The number of aromatic amines is 1. The monoisotopic (exact) mass is 772 g/mol. The van der Waals surface area contributed by atoms with Crippen LogP contribution in [0.2, 0.25) is 0 Å². The molecule has 2 aliphatic heterocycles. The molecule has 17 heteroatoms. The van der Waals surface area contributed by atoms with Gasteiger partial charge in [0.05, 0.1) is 16.7 Å². The van der Waals surface area contributed by atoms with Crippen LogP contribution in [0.4, 0.5) is 4.79 Å². The van der Waals surface area contributed by atoms with Crippen molar-refractivity contribution in [2.45, 2.75) is 108 Å². The molecule has 5 N–H and O–H groups in total. The van der Waals surface area contributed by atoms with Crippen molar-refractivity contribution in [2.24, 2.45) is 5.41 Å². The van der Waals surface area contributed by atoms with E-state index in [0.717, 1.165) is 23.5 Å². The first-order valence-corrected chi connectivity index (χ1v) is 19.8. The van der Waals surface area contributed by atoms with Gasteiger partial charge in [0, 0.05) is 13.0 Å². The van der Waals surface area contributed by atoms with Crippen molar-refractivity contribution < 1.29 is 33.5 Å². The fourth-order valence-electron chi connectivity index (χ4n) is 6.12. The van der Waals surface area contributed by atoms with Crippen molar-refractivity contribution in [3.63, 3.8) is 0 Å². The molecule has 1 aromatic carbocycles. The van der Waals surface area contributed by atoms with Crippen LogP contribution in [0.5, 0.6) is 0 Å². The first-order valence-electron chi connectivity index (χ1n) is 17.8. The summed E-state index contributed by atoms with van der Waals surface area (Å²) in [6, 6.07) is 5.22. The van der Waals surface area contributed by atoms with E-state index in [9.17, 15) is 28.8 Å². The van der Waals surface area contributed by atoms with E-state index in [4.69, 9.17) is 4.74 Å². The first-order chi connectivity index (χ1) is 24.9. The number of carbonyl (C=O) groups excluding carboxylic acids is 6. The van der Waals surface area contributed by atoms with Crippen LogP contribution in [0, 0.1) is 5.41 Å². The van der Waals surface area contributed by atoms with Crippen molar-refractivity contribution >= 4 is 59.0 Å². The number of amides is 5. The number of Topliss-reactive ketones (excluding diaryl/α,β-unsaturated/α-hetero) is 1. The fraction of sp³-hybridized carbons (Fsp3) is 0.611. The number of likely N-dealkylation sites (tertiary alicyclic amines) is 1. The number of hydrogen-bond donors (Lipinski definition) is 5. The molecule has 1 aromatic heterocycles. The van der Waals surface area contributed by atoms with Crippen LogP contribution >= 0.6 is 23.5 Å². The Bertz CT molecular complexity index is 1610. The topological polar surface area (TPSA) is 205 Å². The standard InChI is InChI=1S/C36H52N8O7S2/c1-8-13-23(27(46)31(48)37-19-25(45)41-26(29-38-21-39-43-29)22-14-10-9-11-15-22)40-30(47)24-18-36(52-16-12-17-53-36)20-44(24)32(49)28(34(2,3)4)42-33(50)51-35(5,6)7/h9-11,14-15,21,23-24,26,28H,8,12-13,16-20H2,1-7H3,(H,37,48)(H,40,47)(H,41,45)(H,42,50)(H,38,39,43). The summed E-state index contributed by atoms with van der Waals surface area (Å²) >= 11 is 3.41. The molecule has 0 aliphatic carbocycles. The number of aromatic nitrogens is 3. The van der Waals surface area contributed by atoms with Gasteiger partial charge in [-0.15, -0.1) is 23.5 Å². The quantitative estimate of drug-likeness (QED) is 0.187. The summed E-state index contributed by atoms with van der Waals surface area (Å²) in [5, 5.41) is 17.3. The van der Waals surface area contributed by atoms with E-state index in [1.54, 1.807) is 56.4 Å². The third kappa shape index (κ3) is 11.4. The third-order valence-corrected chi connectivity index (χ3v) is 12.0. The van der Waals surface area contributed by atoms with Crippen molar-refractivity contribution in [1.29, 1.82) is 0 Å². The van der Waals surface area contributed by atoms with Crippen LogP contribution < -0.4 is 21.3 Å². The SMILES string of the molecule is CCCC(NC(=O)C1CC2(CN1C(=O)C(NC(=O)OC(C)(C)C)C(C)(C)C)SCCCS2)C(=O)C(=O)NCC(=O)NC(c1ccccc1)c1ncn[nH]1. The summed E-state index contributed by atoms with van der Waals surface area (Å²) in [6.45, 7) is 12.2. The number of alkyl carbamates (subject to hydrolysis) is 1. The van der Waals surface area contributed by atoms with E-state index < -0.39 is 81.3 Å². The van der Waals surface area contributed by atoms with E-state index in [1.165, 1.54) is 11.2 Å². The molecule has 2 saturated heterocycles. The van der Waals surface area contributed by atoms with Gasteiger partial charge in [0.15, 0.2) is 5.82 Å². The number of thioether (sulfide) groups is 2. The Morgan fingerprint density at radius 1 is 1.00 bits per heavy atom. The Hall–Kier alpha value is -4.12. The first kappa shape index (κ1) is 41.6. The highest BCUT2D eigenvalue weighted by Gasteiger charge is 2.53. The van der Waals surface area contributed by atoms with Crippen LogP contribution in [0.3, 0.4) is 0 Å².